The highest BCUT2D eigenvalue weighted by atomic mass is 16.7. The van der Waals surface area contributed by atoms with Gasteiger partial charge in [0.15, 0.2) is 11.5 Å². The van der Waals surface area contributed by atoms with Gasteiger partial charge in [-0.15, -0.1) is 0 Å². The molecule has 0 atom stereocenters. The summed E-state index contributed by atoms with van der Waals surface area (Å²) < 4.78 is 15.8. The monoisotopic (exact) mass is 397 g/mol. The van der Waals surface area contributed by atoms with E-state index in [-0.39, 0.29) is 18.0 Å². The van der Waals surface area contributed by atoms with E-state index in [4.69, 9.17) is 14.2 Å². The van der Waals surface area contributed by atoms with Crippen LogP contribution in [0.3, 0.4) is 0 Å². The first-order chi connectivity index (χ1) is 14.1. The van der Waals surface area contributed by atoms with Crippen LogP contribution in [0.5, 0.6) is 11.5 Å². The molecule has 150 valence electrons. The van der Waals surface area contributed by atoms with Gasteiger partial charge in [-0.2, -0.15) is 0 Å². The lowest BCUT2D eigenvalue weighted by Crippen LogP contribution is -2.36. The zero-order valence-electron chi connectivity index (χ0n) is 15.5. The third-order valence-corrected chi connectivity index (χ3v) is 4.64. The van der Waals surface area contributed by atoms with Crippen molar-refractivity contribution in [1.29, 1.82) is 0 Å². The van der Waals surface area contributed by atoms with Crippen molar-refractivity contribution in [3.05, 3.63) is 58.2 Å². The van der Waals surface area contributed by atoms with E-state index in [1.54, 1.807) is 0 Å². The number of nitro groups is 1. The lowest BCUT2D eigenvalue weighted by atomic mass is 10.1. The molecule has 1 fully saturated rings. The van der Waals surface area contributed by atoms with Gasteiger partial charge in [-0.3, -0.25) is 14.9 Å². The van der Waals surface area contributed by atoms with Crippen LogP contribution in [0.1, 0.15) is 5.56 Å². The quantitative estimate of drug-likeness (QED) is 0.470. The molecular weight excluding hydrogens is 378 g/mol. The number of hydrogen-bond donors (Lipinski definition) is 1. The average molecular weight is 397 g/mol. The Kier molecular flexibility index (Phi) is 5.30. The minimum atomic E-state index is -0.524. The van der Waals surface area contributed by atoms with Crippen molar-refractivity contribution in [2.24, 2.45) is 0 Å². The molecule has 29 heavy (non-hydrogen) atoms. The van der Waals surface area contributed by atoms with Gasteiger partial charge in [0.25, 0.3) is 5.69 Å². The number of benzene rings is 2. The van der Waals surface area contributed by atoms with Crippen molar-refractivity contribution in [3.8, 4) is 11.5 Å². The van der Waals surface area contributed by atoms with Crippen LogP contribution in [-0.2, 0) is 9.53 Å². The van der Waals surface area contributed by atoms with Gasteiger partial charge in [0.1, 0.15) is 0 Å². The molecule has 9 heteroatoms. The van der Waals surface area contributed by atoms with Crippen molar-refractivity contribution >= 4 is 29.0 Å². The first-order valence-electron chi connectivity index (χ1n) is 9.10. The molecule has 0 radical (unpaired) electrons. The van der Waals surface area contributed by atoms with Crippen LogP contribution in [0.15, 0.2) is 42.5 Å². The highest BCUT2D eigenvalue weighted by Crippen LogP contribution is 2.38. The van der Waals surface area contributed by atoms with Gasteiger partial charge in [-0.05, 0) is 36.4 Å². The largest absolute Gasteiger partial charge is 0.454 e. The van der Waals surface area contributed by atoms with Gasteiger partial charge < -0.3 is 24.4 Å². The van der Waals surface area contributed by atoms with Crippen LogP contribution >= 0.6 is 0 Å². The number of amides is 1. The summed E-state index contributed by atoms with van der Waals surface area (Å²) in [5, 5.41) is 14.0. The van der Waals surface area contributed by atoms with E-state index in [1.165, 1.54) is 24.3 Å². The zero-order valence-corrected chi connectivity index (χ0v) is 15.5. The Morgan fingerprint density at radius 3 is 2.48 bits per heavy atom. The van der Waals surface area contributed by atoms with Gasteiger partial charge in [-0.1, -0.05) is 0 Å². The minimum absolute atomic E-state index is 0.0145. The summed E-state index contributed by atoms with van der Waals surface area (Å²) >= 11 is 0. The summed E-state index contributed by atoms with van der Waals surface area (Å²) in [6.07, 6.45) is 2.64. The van der Waals surface area contributed by atoms with E-state index < -0.39 is 10.8 Å². The van der Waals surface area contributed by atoms with Crippen LogP contribution in [0.2, 0.25) is 0 Å². The molecule has 2 aromatic carbocycles. The molecule has 1 N–H and O–H groups in total. The van der Waals surface area contributed by atoms with Crippen LogP contribution in [-0.4, -0.2) is 43.9 Å². The molecule has 0 unspecified atom stereocenters. The predicted octanol–water partition coefficient (Wildman–Crippen LogP) is 2.81. The number of rotatable bonds is 5. The summed E-state index contributed by atoms with van der Waals surface area (Å²) in [5.41, 5.74) is 1.81. The Morgan fingerprint density at radius 2 is 1.79 bits per heavy atom. The fraction of sp³-hybridized carbons (Fsp3) is 0.250. The highest BCUT2D eigenvalue weighted by molar-refractivity contribution is 6.02. The Morgan fingerprint density at radius 1 is 1.10 bits per heavy atom. The molecule has 9 nitrogen and oxygen atoms in total. The molecule has 0 bridgehead atoms. The Bertz CT molecular complexity index is 951. The minimum Gasteiger partial charge on any atom is -0.454 e. The van der Waals surface area contributed by atoms with Gasteiger partial charge >= 0.3 is 0 Å². The van der Waals surface area contributed by atoms with Gasteiger partial charge in [0.05, 0.1) is 29.8 Å². The lowest BCUT2D eigenvalue weighted by molar-refractivity contribution is -0.385. The molecule has 0 aliphatic carbocycles. The third-order valence-electron chi connectivity index (χ3n) is 4.64. The fourth-order valence-electron chi connectivity index (χ4n) is 3.17. The lowest BCUT2D eigenvalue weighted by Gasteiger charge is -2.28. The number of anilines is 2. The molecule has 2 heterocycles. The molecule has 1 amide bonds. The Hall–Kier alpha value is -3.59. The maximum atomic E-state index is 12.2. The summed E-state index contributed by atoms with van der Waals surface area (Å²) in [6.45, 7) is 3.09. The molecule has 2 aliphatic heterocycles. The van der Waals surface area contributed by atoms with Crippen molar-refractivity contribution in [2.45, 2.75) is 0 Å². The van der Waals surface area contributed by atoms with E-state index >= 15 is 0 Å². The molecule has 0 aromatic heterocycles. The average Bonchev–Trinajstić information content (AvgIpc) is 3.20. The SMILES string of the molecule is O=C(C=Cc1cc2c(cc1[N+](=O)[O-])OCO2)Nc1ccc(N2CCOCC2)cc1. The second kappa shape index (κ2) is 8.19. The first kappa shape index (κ1) is 18.8. The molecule has 1 saturated heterocycles. The van der Waals surface area contributed by atoms with E-state index in [1.807, 2.05) is 24.3 Å². The number of carbonyl (C=O) groups excluding carboxylic acids is 1. The summed E-state index contributed by atoms with van der Waals surface area (Å²) in [7, 11) is 0. The molecule has 4 rings (SSSR count). The van der Waals surface area contributed by atoms with Crippen molar-refractivity contribution in [2.75, 3.05) is 43.3 Å². The van der Waals surface area contributed by atoms with E-state index in [0.717, 1.165) is 18.8 Å². The zero-order chi connectivity index (χ0) is 20.2. The second-order valence-corrected chi connectivity index (χ2v) is 6.49. The molecule has 2 aliphatic rings. The standard InChI is InChI=1S/C20H19N3O6/c24-20(21-15-2-4-16(5-3-15)22-7-9-27-10-8-22)6-1-14-11-18-19(29-13-28-18)12-17(14)23(25)26/h1-6,11-12H,7-10,13H2,(H,21,24). The van der Waals surface area contributed by atoms with Crippen molar-refractivity contribution in [3.63, 3.8) is 0 Å². The first-order valence-corrected chi connectivity index (χ1v) is 9.10. The molecule has 2 aromatic rings. The number of hydrogen-bond acceptors (Lipinski definition) is 7. The molecule has 0 spiro atoms. The third kappa shape index (κ3) is 4.30. The van der Waals surface area contributed by atoms with Gasteiger partial charge in [-0.25, -0.2) is 0 Å². The normalized spacial score (nSPS) is 15.5. The maximum absolute atomic E-state index is 12.2. The van der Waals surface area contributed by atoms with Crippen LogP contribution in [0.25, 0.3) is 6.08 Å². The summed E-state index contributed by atoms with van der Waals surface area (Å²) in [5.74, 6) is 0.337. The van der Waals surface area contributed by atoms with Crippen LogP contribution in [0, 0.1) is 10.1 Å². The highest BCUT2D eigenvalue weighted by Gasteiger charge is 2.22. The molecular formula is C20H19N3O6. The number of morpholine rings is 1. The van der Waals surface area contributed by atoms with Gasteiger partial charge in [0.2, 0.25) is 12.7 Å². The topological polar surface area (TPSA) is 103 Å². The summed E-state index contributed by atoms with van der Waals surface area (Å²) in [4.78, 5) is 25.2. The van der Waals surface area contributed by atoms with E-state index in [2.05, 4.69) is 10.2 Å². The van der Waals surface area contributed by atoms with Gasteiger partial charge in [0, 0.05) is 30.5 Å². The number of carbonyl (C=O) groups is 1. The number of nitrogens with one attached hydrogen (secondary N) is 1. The Balaban J connectivity index is 1.43. The predicted molar refractivity (Wildman–Crippen MR) is 106 cm³/mol. The number of fused-ring (bicyclic) bond motifs is 1. The Labute approximate surface area is 166 Å². The van der Waals surface area contributed by atoms with Crippen LogP contribution < -0.4 is 19.7 Å². The number of nitrogens with zero attached hydrogens (tertiary/aromatic N) is 2. The smallest absolute Gasteiger partial charge is 0.280 e. The van der Waals surface area contributed by atoms with E-state index in [0.29, 0.717) is 30.4 Å². The molecule has 0 saturated carbocycles. The van der Waals surface area contributed by atoms with Crippen molar-refractivity contribution in [1.82, 2.24) is 0 Å². The number of nitro benzene ring substituents is 1. The second-order valence-electron chi connectivity index (χ2n) is 6.49. The number of ether oxygens (including phenoxy) is 3. The maximum Gasteiger partial charge on any atom is 0.280 e. The van der Waals surface area contributed by atoms with Crippen molar-refractivity contribution < 1.29 is 23.9 Å². The van der Waals surface area contributed by atoms with Crippen LogP contribution in [0.4, 0.5) is 17.1 Å². The fourth-order valence-corrected chi connectivity index (χ4v) is 3.17. The van der Waals surface area contributed by atoms with E-state index in [9.17, 15) is 14.9 Å². The summed E-state index contributed by atoms with van der Waals surface area (Å²) in [6, 6.07) is 10.3.